The van der Waals surface area contributed by atoms with Crippen LogP contribution < -0.4 is 18.9 Å². The van der Waals surface area contributed by atoms with Gasteiger partial charge in [0.1, 0.15) is 11.5 Å². The molecule has 2 aliphatic rings. The van der Waals surface area contributed by atoms with Gasteiger partial charge in [-0.3, -0.25) is 4.79 Å². The number of ketones is 1. The predicted molar refractivity (Wildman–Crippen MR) is 113 cm³/mol. The molecule has 154 valence electrons. The zero-order chi connectivity index (χ0) is 21.4. The summed E-state index contributed by atoms with van der Waals surface area (Å²) in [6.45, 7) is 2.22. The Bertz CT molecular complexity index is 1220. The van der Waals surface area contributed by atoms with Crippen molar-refractivity contribution >= 4 is 17.8 Å². The van der Waals surface area contributed by atoms with E-state index in [0.29, 0.717) is 28.4 Å². The molecule has 0 N–H and O–H groups in total. The summed E-state index contributed by atoms with van der Waals surface area (Å²) in [4.78, 5) is 25.2. The van der Waals surface area contributed by atoms with Crippen LogP contribution in [0.15, 0.2) is 66.4 Å². The third-order valence-corrected chi connectivity index (χ3v) is 5.15. The molecule has 6 heteroatoms. The number of aryl methyl sites for hydroxylation is 1. The van der Waals surface area contributed by atoms with Gasteiger partial charge < -0.3 is 18.9 Å². The number of rotatable bonds is 4. The largest absolute Gasteiger partial charge is 0.454 e. The van der Waals surface area contributed by atoms with Crippen molar-refractivity contribution < 1.29 is 28.5 Å². The van der Waals surface area contributed by atoms with Crippen LogP contribution in [-0.4, -0.2) is 18.5 Å². The molecule has 3 aromatic carbocycles. The van der Waals surface area contributed by atoms with Crippen LogP contribution in [0.5, 0.6) is 23.0 Å². The van der Waals surface area contributed by atoms with Gasteiger partial charge in [0.2, 0.25) is 12.6 Å². The molecule has 0 bridgehead atoms. The molecule has 0 saturated carbocycles. The lowest BCUT2D eigenvalue weighted by atomic mass is 10.1. The van der Waals surface area contributed by atoms with E-state index in [1.54, 1.807) is 42.5 Å². The molecule has 0 aliphatic carbocycles. The van der Waals surface area contributed by atoms with E-state index >= 15 is 0 Å². The smallest absolute Gasteiger partial charge is 0.343 e. The second kappa shape index (κ2) is 7.65. The second-order valence-corrected chi connectivity index (χ2v) is 7.15. The lowest BCUT2D eigenvalue weighted by Crippen LogP contribution is -2.08. The maximum absolute atomic E-state index is 12.7. The van der Waals surface area contributed by atoms with Crippen molar-refractivity contribution in [2.75, 3.05) is 6.79 Å². The monoisotopic (exact) mass is 414 g/mol. The molecular weight excluding hydrogens is 396 g/mol. The van der Waals surface area contributed by atoms with Crippen molar-refractivity contribution in [3.63, 3.8) is 0 Å². The van der Waals surface area contributed by atoms with Crippen molar-refractivity contribution in [3.8, 4) is 23.0 Å². The molecule has 0 amide bonds. The summed E-state index contributed by atoms with van der Waals surface area (Å²) in [5.41, 5.74) is 2.86. The molecule has 5 rings (SSSR count). The number of Topliss-reactive ketones (excluding diaryl/α,β-unsaturated/α-hetero) is 1. The maximum Gasteiger partial charge on any atom is 0.343 e. The van der Waals surface area contributed by atoms with Crippen molar-refractivity contribution in [2.24, 2.45) is 0 Å². The van der Waals surface area contributed by atoms with Gasteiger partial charge in [-0.1, -0.05) is 31.2 Å². The fourth-order valence-electron chi connectivity index (χ4n) is 3.42. The van der Waals surface area contributed by atoms with E-state index in [9.17, 15) is 9.59 Å². The van der Waals surface area contributed by atoms with Crippen molar-refractivity contribution in [3.05, 3.63) is 88.7 Å². The SMILES string of the molecule is CCc1ccc(/C=C2\Oc3cc(OC(=O)c4ccc5c(c4)OCO5)ccc3C2=O)cc1. The van der Waals surface area contributed by atoms with Gasteiger partial charge in [-0.25, -0.2) is 4.79 Å². The molecule has 2 aliphatic heterocycles. The normalized spacial score (nSPS) is 15.0. The van der Waals surface area contributed by atoms with Crippen molar-refractivity contribution in [1.82, 2.24) is 0 Å². The lowest BCUT2D eigenvalue weighted by molar-refractivity contribution is 0.0734. The molecule has 31 heavy (non-hydrogen) atoms. The highest BCUT2D eigenvalue weighted by Gasteiger charge is 2.28. The Kier molecular flexibility index (Phi) is 4.67. The molecule has 2 heterocycles. The van der Waals surface area contributed by atoms with Crippen LogP contribution in [0.1, 0.15) is 38.8 Å². The van der Waals surface area contributed by atoms with Gasteiger partial charge in [-0.15, -0.1) is 0 Å². The molecule has 3 aromatic rings. The third kappa shape index (κ3) is 3.64. The standard InChI is InChI=1S/C25H18O6/c1-2-15-3-5-16(6-4-15)11-23-24(26)19-9-8-18(13-21(19)31-23)30-25(27)17-7-10-20-22(12-17)29-14-28-20/h3-13H,2,14H2,1H3/b23-11-. The van der Waals surface area contributed by atoms with E-state index in [0.717, 1.165) is 12.0 Å². The summed E-state index contributed by atoms with van der Waals surface area (Å²) in [5.74, 6) is 1.21. The first-order chi connectivity index (χ1) is 15.1. The Labute approximate surface area is 178 Å². The van der Waals surface area contributed by atoms with Gasteiger partial charge in [-0.05, 0) is 54.0 Å². The van der Waals surface area contributed by atoms with Gasteiger partial charge in [0.15, 0.2) is 17.3 Å². The van der Waals surface area contributed by atoms with Crippen LogP contribution in [0.2, 0.25) is 0 Å². The Morgan fingerprint density at radius 1 is 0.968 bits per heavy atom. The van der Waals surface area contributed by atoms with Crippen LogP contribution in [0, 0.1) is 0 Å². The minimum atomic E-state index is -0.547. The van der Waals surface area contributed by atoms with Gasteiger partial charge in [0.25, 0.3) is 0 Å². The molecule has 0 saturated heterocycles. The van der Waals surface area contributed by atoms with Crippen molar-refractivity contribution in [2.45, 2.75) is 13.3 Å². The van der Waals surface area contributed by atoms with E-state index in [1.807, 2.05) is 24.3 Å². The average Bonchev–Trinajstić information content (AvgIpc) is 3.38. The Morgan fingerprint density at radius 3 is 2.58 bits per heavy atom. The van der Waals surface area contributed by atoms with Crippen LogP contribution >= 0.6 is 0 Å². The van der Waals surface area contributed by atoms with Crippen molar-refractivity contribution in [1.29, 1.82) is 0 Å². The summed E-state index contributed by atoms with van der Waals surface area (Å²) >= 11 is 0. The van der Waals surface area contributed by atoms with Gasteiger partial charge >= 0.3 is 5.97 Å². The number of fused-ring (bicyclic) bond motifs is 2. The number of ether oxygens (including phenoxy) is 4. The number of benzene rings is 3. The van der Waals surface area contributed by atoms with Crippen LogP contribution in [-0.2, 0) is 6.42 Å². The molecular formula is C25H18O6. The summed E-state index contributed by atoms with van der Waals surface area (Å²) in [6.07, 6.45) is 2.66. The summed E-state index contributed by atoms with van der Waals surface area (Å²) in [7, 11) is 0. The van der Waals surface area contributed by atoms with Crippen LogP contribution in [0.3, 0.4) is 0 Å². The van der Waals surface area contributed by atoms with E-state index in [2.05, 4.69) is 6.92 Å². The van der Waals surface area contributed by atoms with E-state index < -0.39 is 5.97 Å². The fraction of sp³-hybridized carbons (Fsp3) is 0.120. The average molecular weight is 414 g/mol. The highest BCUT2D eigenvalue weighted by Crippen LogP contribution is 2.36. The summed E-state index contributed by atoms with van der Waals surface area (Å²) in [6, 6.07) is 17.5. The van der Waals surface area contributed by atoms with Gasteiger partial charge in [0, 0.05) is 6.07 Å². The predicted octanol–water partition coefficient (Wildman–Crippen LogP) is 4.81. The quantitative estimate of drug-likeness (QED) is 0.347. The molecule has 0 radical (unpaired) electrons. The van der Waals surface area contributed by atoms with Gasteiger partial charge in [-0.2, -0.15) is 0 Å². The molecule has 6 nitrogen and oxygen atoms in total. The highest BCUT2D eigenvalue weighted by atomic mass is 16.7. The first-order valence-electron chi connectivity index (χ1n) is 9.90. The maximum atomic E-state index is 12.7. The number of hydrogen-bond acceptors (Lipinski definition) is 6. The number of allylic oxidation sites excluding steroid dienone is 1. The number of carbonyl (C=O) groups is 2. The first-order valence-corrected chi connectivity index (χ1v) is 9.90. The summed E-state index contributed by atoms with van der Waals surface area (Å²) in [5, 5.41) is 0. The van der Waals surface area contributed by atoms with E-state index in [1.165, 1.54) is 5.56 Å². The number of esters is 1. The molecule has 0 spiro atoms. The van der Waals surface area contributed by atoms with Crippen LogP contribution in [0.25, 0.3) is 6.08 Å². The molecule has 0 unspecified atom stereocenters. The first kappa shape index (κ1) is 18.9. The fourth-order valence-corrected chi connectivity index (χ4v) is 3.42. The molecule has 0 aromatic heterocycles. The number of hydrogen-bond donors (Lipinski definition) is 0. The van der Waals surface area contributed by atoms with Gasteiger partial charge in [0.05, 0.1) is 11.1 Å². The van der Waals surface area contributed by atoms with E-state index in [-0.39, 0.29) is 24.1 Å². The molecule has 0 fully saturated rings. The highest BCUT2D eigenvalue weighted by molar-refractivity contribution is 6.14. The zero-order valence-corrected chi connectivity index (χ0v) is 16.7. The topological polar surface area (TPSA) is 71.1 Å². The summed E-state index contributed by atoms with van der Waals surface area (Å²) < 4.78 is 21.7. The van der Waals surface area contributed by atoms with E-state index in [4.69, 9.17) is 18.9 Å². The lowest BCUT2D eigenvalue weighted by Gasteiger charge is -2.06. The molecule has 0 atom stereocenters. The van der Waals surface area contributed by atoms with Crippen LogP contribution in [0.4, 0.5) is 0 Å². The second-order valence-electron chi connectivity index (χ2n) is 7.15. The minimum absolute atomic E-state index is 0.128. The Hall–Kier alpha value is -4.06. The number of carbonyl (C=O) groups excluding carboxylic acids is 2. The Morgan fingerprint density at radius 2 is 1.77 bits per heavy atom. The Balaban J connectivity index is 1.34. The third-order valence-electron chi connectivity index (χ3n) is 5.15. The minimum Gasteiger partial charge on any atom is -0.454 e. The zero-order valence-electron chi connectivity index (χ0n) is 16.7.